The van der Waals surface area contributed by atoms with Crippen LogP contribution in [0.5, 0.6) is 0 Å². The third-order valence-corrected chi connectivity index (χ3v) is 5.35. The number of carboxylic acids is 1. The molecule has 30 heavy (non-hydrogen) atoms. The molecule has 0 saturated heterocycles. The Labute approximate surface area is 175 Å². The standard InChI is InChI=1S/C21H20ClFN2O5/c1-11(2)17(10-26)25-9-14(21(29)30)20(28)13-8-24(18(27)6-16(13)25)7-12-4-3-5-15(22)19(12)23/h3-6,8-9,11,17,26H,7,10H2,1-2H3,(H,29,30)/t17-/m1/s1. The summed E-state index contributed by atoms with van der Waals surface area (Å²) < 4.78 is 16.8. The largest absolute Gasteiger partial charge is 0.477 e. The summed E-state index contributed by atoms with van der Waals surface area (Å²) in [6, 6.07) is 5.02. The average Bonchev–Trinajstić information content (AvgIpc) is 2.68. The summed E-state index contributed by atoms with van der Waals surface area (Å²) in [5, 5.41) is 19.1. The summed E-state index contributed by atoms with van der Waals surface area (Å²) in [5.41, 5.74) is -1.42. The van der Waals surface area contributed by atoms with Crippen LogP contribution in [-0.4, -0.2) is 31.9 Å². The van der Waals surface area contributed by atoms with Gasteiger partial charge in [-0.1, -0.05) is 37.6 Å². The van der Waals surface area contributed by atoms with E-state index in [1.165, 1.54) is 35.0 Å². The van der Waals surface area contributed by atoms with Crippen molar-refractivity contribution in [1.82, 2.24) is 9.13 Å². The molecule has 0 amide bonds. The summed E-state index contributed by atoms with van der Waals surface area (Å²) >= 11 is 5.79. The minimum atomic E-state index is -1.42. The molecule has 0 radical (unpaired) electrons. The van der Waals surface area contributed by atoms with E-state index in [0.717, 1.165) is 10.8 Å². The van der Waals surface area contributed by atoms with Gasteiger partial charge in [0.15, 0.2) is 0 Å². The lowest BCUT2D eigenvalue weighted by Gasteiger charge is -2.24. The monoisotopic (exact) mass is 434 g/mol. The number of aliphatic hydroxyl groups is 1. The molecule has 0 fully saturated rings. The molecule has 0 unspecified atom stereocenters. The first-order valence-corrected chi connectivity index (χ1v) is 9.59. The highest BCUT2D eigenvalue weighted by molar-refractivity contribution is 6.30. The van der Waals surface area contributed by atoms with Crippen molar-refractivity contribution in [3.8, 4) is 0 Å². The van der Waals surface area contributed by atoms with E-state index >= 15 is 0 Å². The van der Waals surface area contributed by atoms with Crippen molar-refractivity contribution in [2.75, 3.05) is 6.61 Å². The summed E-state index contributed by atoms with van der Waals surface area (Å²) in [4.78, 5) is 37.1. The number of carboxylic acid groups (broad SMARTS) is 1. The highest BCUT2D eigenvalue weighted by atomic mass is 35.5. The highest BCUT2D eigenvalue weighted by Gasteiger charge is 2.22. The third-order valence-electron chi connectivity index (χ3n) is 5.06. The van der Waals surface area contributed by atoms with Gasteiger partial charge in [0.25, 0.3) is 5.56 Å². The number of hydrogen-bond donors (Lipinski definition) is 2. The van der Waals surface area contributed by atoms with E-state index in [4.69, 9.17) is 11.6 Å². The zero-order chi connectivity index (χ0) is 22.2. The van der Waals surface area contributed by atoms with Gasteiger partial charge in [0.1, 0.15) is 11.4 Å². The van der Waals surface area contributed by atoms with Gasteiger partial charge in [0, 0.05) is 24.0 Å². The maximum atomic E-state index is 14.3. The van der Waals surface area contributed by atoms with Crippen LogP contribution in [0.25, 0.3) is 10.9 Å². The molecule has 0 aliphatic heterocycles. The van der Waals surface area contributed by atoms with Crippen LogP contribution >= 0.6 is 11.6 Å². The number of fused-ring (bicyclic) bond motifs is 1. The lowest BCUT2D eigenvalue weighted by molar-refractivity contribution is 0.0694. The molecule has 2 aromatic heterocycles. The Kier molecular flexibility index (Phi) is 6.09. The number of aromatic carboxylic acids is 1. The van der Waals surface area contributed by atoms with Gasteiger partial charge >= 0.3 is 5.97 Å². The Hall–Kier alpha value is -2.97. The van der Waals surface area contributed by atoms with E-state index < -0.39 is 34.4 Å². The average molecular weight is 435 g/mol. The van der Waals surface area contributed by atoms with Crippen molar-refractivity contribution in [1.29, 1.82) is 0 Å². The van der Waals surface area contributed by atoms with Crippen molar-refractivity contribution in [2.24, 2.45) is 5.92 Å². The second-order valence-electron chi connectivity index (χ2n) is 7.33. The Balaban J connectivity index is 2.30. The van der Waals surface area contributed by atoms with Crippen LogP contribution in [0.15, 0.2) is 46.2 Å². The van der Waals surface area contributed by atoms with Gasteiger partial charge in [0.05, 0.1) is 35.1 Å². The fourth-order valence-electron chi connectivity index (χ4n) is 3.39. The van der Waals surface area contributed by atoms with Crippen molar-refractivity contribution in [2.45, 2.75) is 26.4 Å². The Morgan fingerprint density at radius 3 is 2.53 bits per heavy atom. The molecule has 0 bridgehead atoms. The summed E-state index contributed by atoms with van der Waals surface area (Å²) in [6.07, 6.45) is 2.37. The van der Waals surface area contributed by atoms with Crippen molar-refractivity contribution in [3.05, 3.63) is 79.2 Å². The zero-order valence-electron chi connectivity index (χ0n) is 16.3. The first-order valence-electron chi connectivity index (χ1n) is 9.22. The minimum Gasteiger partial charge on any atom is -0.477 e. The van der Waals surface area contributed by atoms with Crippen LogP contribution in [0, 0.1) is 11.7 Å². The minimum absolute atomic E-state index is 0.0176. The zero-order valence-corrected chi connectivity index (χ0v) is 17.1. The number of rotatable bonds is 6. The van der Waals surface area contributed by atoms with Gasteiger partial charge in [-0.3, -0.25) is 9.59 Å². The fraction of sp³-hybridized carbons (Fsp3) is 0.286. The van der Waals surface area contributed by atoms with Crippen LogP contribution in [0.1, 0.15) is 35.8 Å². The normalized spacial score (nSPS) is 12.5. The molecule has 1 aromatic carbocycles. The van der Waals surface area contributed by atoms with Gasteiger partial charge in [-0.15, -0.1) is 0 Å². The predicted molar refractivity (Wildman–Crippen MR) is 111 cm³/mol. The number of nitrogens with zero attached hydrogens (tertiary/aromatic N) is 2. The number of pyridine rings is 2. The van der Waals surface area contributed by atoms with Crippen molar-refractivity contribution in [3.63, 3.8) is 0 Å². The van der Waals surface area contributed by atoms with Crippen LogP contribution in [0.2, 0.25) is 5.02 Å². The van der Waals surface area contributed by atoms with Crippen LogP contribution < -0.4 is 11.0 Å². The number of benzene rings is 1. The van der Waals surface area contributed by atoms with E-state index in [1.807, 2.05) is 13.8 Å². The second-order valence-corrected chi connectivity index (χ2v) is 7.74. The quantitative estimate of drug-likeness (QED) is 0.621. The highest BCUT2D eigenvalue weighted by Crippen LogP contribution is 2.23. The van der Waals surface area contributed by atoms with E-state index in [0.29, 0.717) is 0 Å². The van der Waals surface area contributed by atoms with Gasteiger partial charge in [-0.2, -0.15) is 0 Å². The van der Waals surface area contributed by atoms with Crippen LogP contribution in [-0.2, 0) is 6.54 Å². The van der Waals surface area contributed by atoms with Crippen LogP contribution in [0.3, 0.4) is 0 Å². The number of aliphatic hydroxyl groups excluding tert-OH is 1. The van der Waals surface area contributed by atoms with E-state index in [-0.39, 0.29) is 40.6 Å². The van der Waals surface area contributed by atoms with E-state index in [9.17, 15) is 29.0 Å². The van der Waals surface area contributed by atoms with Gasteiger partial charge in [0.2, 0.25) is 5.43 Å². The maximum Gasteiger partial charge on any atom is 0.341 e. The molecule has 158 valence electrons. The first-order chi connectivity index (χ1) is 14.1. The summed E-state index contributed by atoms with van der Waals surface area (Å²) in [5.74, 6) is -2.21. The fourth-order valence-corrected chi connectivity index (χ4v) is 3.58. The van der Waals surface area contributed by atoms with Gasteiger partial charge < -0.3 is 19.3 Å². The van der Waals surface area contributed by atoms with E-state index in [2.05, 4.69) is 0 Å². The smallest absolute Gasteiger partial charge is 0.341 e. The molecule has 9 heteroatoms. The summed E-state index contributed by atoms with van der Waals surface area (Å²) in [7, 11) is 0. The van der Waals surface area contributed by atoms with Gasteiger partial charge in [-0.05, 0) is 12.0 Å². The van der Waals surface area contributed by atoms with E-state index in [1.54, 1.807) is 0 Å². The molecule has 2 heterocycles. The molecule has 7 nitrogen and oxygen atoms in total. The molecule has 1 atom stereocenters. The summed E-state index contributed by atoms with van der Waals surface area (Å²) in [6.45, 7) is 3.15. The Morgan fingerprint density at radius 1 is 1.23 bits per heavy atom. The molecule has 0 spiro atoms. The predicted octanol–water partition coefficient (Wildman–Crippen LogP) is 2.89. The topological polar surface area (TPSA) is 102 Å². The SMILES string of the molecule is CC(C)[C@@H](CO)n1cc(C(=O)O)c(=O)c2cn(Cc3cccc(Cl)c3F)c(=O)cc21. The molecule has 3 rings (SSSR count). The maximum absolute atomic E-state index is 14.3. The molecular formula is C21H20ClFN2O5. The van der Waals surface area contributed by atoms with Gasteiger partial charge in [-0.25, -0.2) is 9.18 Å². The number of carbonyl (C=O) groups is 1. The van der Waals surface area contributed by atoms with Crippen LogP contribution in [0.4, 0.5) is 4.39 Å². The molecular weight excluding hydrogens is 415 g/mol. The molecule has 0 aliphatic rings. The molecule has 0 aliphatic carbocycles. The van der Waals surface area contributed by atoms with Crippen molar-refractivity contribution < 1.29 is 19.4 Å². The number of halogens is 2. The second kappa shape index (κ2) is 8.41. The Morgan fingerprint density at radius 2 is 1.93 bits per heavy atom. The third kappa shape index (κ3) is 3.88. The molecule has 2 N–H and O–H groups in total. The lowest BCUT2D eigenvalue weighted by Crippen LogP contribution is -2.28. The van der Waals surface area contributed by atoms with Crippen molar-refractivity contribution >= 4 is 28.5 Å². The number of aromatic nitrogens is 2. The lowest BCUT2D eigenvalue weighted by atomic mass is 10.0. The first kappa shape index (κ1) is 21.7. The molecule has 0 saturated carbocycles. The number of hydrogen-bond acceptors (Lipinski definition) is 4. The Bertz CT molecular complexity index is 1250. The molecule has 3 aromatic rings.